The summed E-state index contributed by atoms with van der Waals surface area (Å²) >= 11 is 0. The average molecular weight is 264 g/mol. The molecule has 1 amide bonds. The van der Waals surface area contributed by atoms with Gasteiger partial charge in [0.05, 0.1) is 25.1 Å². The van der Waals surface area contributed by atoms with Gasteiger partial charge in [0.1, 0.15) is 5.82 Å². The standard InChI is InChI=1S/C13H13FN2O3/c1-8-11(7-12(17)19-2)13(18)16(15-8)10-5-3-4-9(14)6-10/h3-6,11H,7H2,1-2H3. The zero-order valence-electron chi connectivity index (χ0n) is 10.6. The van der Waals surface area contributed by atoms with Crippen LogP contribution in [0.3, 0.4) is 0 Å². The van der Waals surface area contributed by atoms with E-state index in [1.165, 1.54) is 25.3 Å². The van der Waals surface area contributed by atoms with Crippen molar-refractivity contribution >= 4 is 23.3 Å². The van der Waals surface area contributed by atoms with Gasteiger partial charge in [-0.2, -0.15) is 5.10 Å². The molecule has 6 heteroatoms. The summed E-state index contributed by atoms with van der Waals surface area (Å²) in [6, 6.07) is 5.58. The highest BCUT2D eigenvalue weighted by atomic mass is 19.1. The summed E-state index contributed by atoms with van der Waals surface area (Å²) in [5.74, 6) is -1.92. The first-order chi connectivity index (χ1) is 9.02. The summed E-state index contributed by atoms with van der Waals surface area (Å²) in [4.78, 5) is 23.4. The molecule has 1 atom stereocenters. The van der Waals surface area contributed by atoms with Crippen LogP contribution in [0.15, 0.2) is 29.4 Å². The van der Waals surface area contributed by atoms with Crippen LogP contribution in [0.4, 0.5) is 10.1 Å². The number of amides is 1. The Kier molecular flexibility index (Phi) is 3.59. The van der Waals surface area contributed by atoms with Crippen molar-refractivity contribution in [3.63, 3.8) is 0 Å². The van der Waals surface area contributed by atoms with Crippen molar-refractivity contribution in [1.82, 2.24) is 0 Å². The average Bonchev–Trinajstić information content (AvgIpc) is 2.66. The zero-order valence-corrected chi connectivity index (χ0v) is 10.6. The van der Waals surface area contributed by atoms with Crippen LogP contribution in [0.25, 0.3) is 0 Å². The number of ether oxygens (including phenoxy) is 1. The number of halogens is 1. The Morgan fingerprint density at radius 3 is 2.89 bits per heavy atom. The zero-order chi connectivity index (χ0) is 14.0. The van der Waals surface area contributed by atoms with E-state index in [-0.39, 0.29) is 12.3 Å². The van der Waals surface area contributed by atoms with Gasteiger partial charge in [-0.3, -0.25) is 9.59 Å². The van der Waals surface area contributed by atoms with E-state index in [0.717, 1.165) is 5.01 Å². The van der Waals surface area contributed by atoms with Crippen molar-refractivity contribution in [3.8, 4) is 0 Å². The maximum absolute atomic E-state index is 13.1. The first kappa shape index (κ1) is 13.2. The number of anilines is 1. The van der Waals surface area contributed by atoms with Gasteiger partial charge in [0.25, 0.3) is 5.91 Å². The van der Waals surface area contributed by atoms with Gasteiger partial charge in [0.2, 0.25) is 0 Å². The second kappa shape index (κ2) is 5.17. The van der Waals surface area contributed by atoms with Gasteiger partial charge >= 0.3 is 5.97 Å². The molecule has 19 heavy (non-hydrogen) atoms. The predicted octanol–water partition coefficient (Wildman–Crippen LogP) is 1.73. The van der Waals surface area contributed by atoms with Gasteiger partial charge in [0.15, 0.2) is 0 Å². The lowest BCUT2D eigenvalue weighted by Crippen LogP contribution is -2.29. The molecule has 100 valence electrons. The summed E-state index contributed by atoms with van der Waals surface area (Å²) in [6.07, 6.45) is -0.0590. The Morgan fingerprint density at radius 2 is 2.26 bits per heavy atom. The minimum absolute atomic E-state index is 0.0590. The molecule has 0 bridgehead atoms. The molecular formula is C13H13FN2O3. The van der Waals surface area contributed by atoms with Crippen LogP contribution < -0.4 is 5.01 Å². The van der Waals surface area contributed by atoms with Gasteiger partial charge < -0.3 is 4.74 Å². The molecule has 0 saturated heterocycles. The van der Waals surface area contributed by atoms with Crippen molar-refractivity contribution in [2.75, 3.05) is 12.1 Å². The molecule has 1 unspecified atom stereocenters. The summed E-state index contributed by atoms with van der Waals surface area (Å²) < 4.78 is 17.7. The summed E-state index contributed by atoms with van der Waals surface area (Å²) in [5, 5.41) is 5.19. The lowest BCUT2D eigenvalue weighted by molar-refractivity contribution is -0.142. The second-order valence-corrected chi connectivity index (χ2v) is 4.20. The Balaban J connectivity index is 2.23. The molecular weight excluding hydrogens is 251 g/mol. The summed E-state index contributed by atoms with van der Waals surface area (Å²) in [6.45, 7) is 1.66. The Hall–Kier alpha value is -2.24. The quantitative estimate of drug-likeness (QED) is 0.781. The number of nitrogens with zero attached hydrogens (tertiary/aromatic N) is 2. The van der Waals surface area contributed by atoms with Gasteiger partial charge in [-0.05, 0) is 25.1 Å². The Bertz CT molecular complexity index is 557. The SMILES string of the molecule is COC(=O)CC1C(=O)N(c2cccc(F)c2)N=C1C. The van der Waals surface area contributed by atoms with Crippen LogP contribution in [0.5, 0.6) is 0 Å². The minimum Gasteiger partial charge on any atom is -0.469 e. The van der Waals surface area contributed by atoms with Crippen molar-refractivity contribution < 1.29 is 18.7 Å². The number of hydrazone groups is 1. The third kappa shape index (κ3) is 2.62. The molecule has 0 spiro atoms. The highest BCUT2D eigenvalue weighted by molar-refractivity contribution is 6.16. The number of carbonyl (C=O) groups excluding carboxylic acids is 2. The van der Waals surface area contributed by atoms with E-state index in [2.05, 4.69) is 9.84 Å². The molecule has 1 aromatic carbocycles. The number of hydrogen-bond donors (Lipinski definition) is 0. The van der Waals surface area contributed by atoms with Crippen LogP contribution in [-0.4, -0.2) is 24.7 Å². The molecule has 0 aromatic heterocycles. The van der Waals surface area contributed by atoms with E-state index < -0.39 is 17.7 Å². The Labute approximate surface area is 109 Å². The van der Waals surface area contributed by atoms with Crippen LogP contribution in [0.1, 0.15) is 13.3 Å². The van der Waals surface area contributed by atoms with E-state index in [4.69, 9.17) is 0 Å². The molecule has 0 aliphatic carbocycles. The van der Waals surface area contributed by atoms with Crippen LogP contribution >= 0.6 is 0 Å². The van der Waals surface area contributed by atoms with Crippen molar-refractivity contribution in [1.29, 1.82) is 0 Å². The second-order valence-electron chi connectivity index (χ2n) is 4.20. The molecule has 0 saturated carbocycles. The van der Waals surface area contributed by atoms with E-state index in [1.807, 2.05) is 0 Å². The fraction of sp³-hybridized carbons (Fsp3) is 0.308. The number of esters is 1. The van der Waals surface area contributed by atoms with E-state index >= 15 is 0 Å². The highest BCUT2D eigenvalue weighted by Crippen LogP contribution is 2.26. The van der Waals surface area contributed by atoms with Crippen LogP contribution in [0, 0.1) is 11.7 Å². The molecule has 5 nitrogen and oxygen atoms in total. The number of benzene rings is 1. The van der Waals surface area contributed by atoms with Crippen LogP contribution in [-0.2, 0) is 14.3 Å². The lowest BCUT2D eigenvalue weighted by atomic mass is 10.0. The molecule has 1 aliphatic heterocycles. The molecule has 2 rings (SSSR count). The minimum atomic E-state index is -0.643. The first-order valence-corrected chi connectivity index (χ1v) is 5.74. The maximum atomic E-state index is 13.1. The first-order valence-electron chi connectivity index (χ1n) is 5.74. The van der Waals surface area contributed by atoms with Gasteiger partial charge in [-0.25, -0.2) is 9.40 Å². The third-order valence-corrected chi connectivity index (χ3v) is 2.92. The van der Waals surface area contributed by atoms with Gasteiger partial charge in [0, 0.05) is 5.71 Å². The largest absolute Gasteiger partial charge is 0.469 e. The van der Waals surface area contributed by atoms with E-state index in [1.54, 1.807) is 13.0 Å². The molecule has 0 N–H and O–H groups in total. The van der Waals surface area contributed by atoms with Gasteiger partial charge in [-0.1, -0.05) is 6.07 Å². The number of carbonyl (C=O) groups is 2. The fourth-order valence-electron chi connectivity index (χ4n) is 1.88. The number of methoxy groups -OCH3 is 1. The van der Waals surface area contributed by atoms with Crippen molar-refractivity contribution in [3.05, 3.63) is 30.1 Å². The molecule has 1 heterocycles. The third-order valence-electron chi connectivity index (χ3n) is 2.92. The normalized spacial score (nSPS) is 18.5. The van der Waals surface area contributed by atoms with E-state index in [0.29, 0.717) is 11.4 Å². The molecule has 1 aromatic rings. The molecule has 0 radical (unpaired) electrons. The predicted molar refractivity (Wildman–Crippen MR) is 67.1 cm³/mol. The molecule has 1 aliphatic rings. The topological polar surface area (TPSA) is 59.0 Å². The van der Waals surface area contributed by atoms with Crippen LogP contribution in [0.2, 0.25) is 0 Å². The Morgan fingerprint density at radius 1 is 1.53 bits per heavy atom. The summed E-state index contributed by atoms with van der Waals surface area (Å²) in [5.41, 5.74) is 0.858. The smallest absolute Gasteiger partial charge is 0.306 e. The number of rotatable bonds is 3. The molecule has 0 fully saturated rings. The van der Waals surface area contributed by atoms with Crippen molar-refractivity contribution in [2.24, 2.45) is 11.0 Å². The summed E-state index contributed by atoms with van der Waals surface area (Å²) in [7, 11) is 1.26. The van der Waals surface area contributed by atoms with E-state index in [9.17, 15) is 14.0 Å². The maximum Gasteiger partial charge on any atom is 0.306 e. The van der Waals surface area contributed by atoms with Crippen molar-refractivity contribution in [2.45, 2.75) is 13.3 Å². The number of hydrogen-bond acceptors (Lipinski definition) is 4. The fourth-order valence-corrected chi connectivity index (χ4v) is 1.88. The monoisotopic (exact) mass is 264 g/mol. The lowest BCUT2D eigenvalue weighted by Gasteiger charge is -2.13. The highest BCUT2D eigenvalue weighted by Gasteiger charge is 2.36. The van der Waals surface area contributed by atoms with Gasteiger partial charge in [-0.15, -0.1) is 0 Å².